The van der Waals surface area contributed by atoms with Gasteiger partial charge in [-0.25, -0.2) is 4.79 Å². The first-order valence-corrected chi connectivity index (χ1v) is 7.61. The molecule has 0 aromatic heterocycles. The fraction of sp³-hybridized carbons (Fsp3) is 0.412. The summed E-state index contributed by atoms with van der Waals surface area (Å²) >= 11 is 0. The number of carbonyl (C=O) groups excluding carboxylic acids is 1. The van der Waals surface area contributed by atoms with Crippen molar-refractivity contribution in [3.63, 3.8) is 0 Å². The van der Waals surface area contributed by atoms with Crippen molar-refractivity contribution in [2.45, 2.75) is 31.5 Å². The van der Waals surface area contributed by atoms with E-state index in [4.69, 9.17) is 15.3 Å². The number of aliphatic hydroxyl groups is 2. The summed E-state index contributed by atoms with van der Waals surface area (Å²) in [6.45, 7) is 0. The molecule has 2 unspecified atom stereocenters. The van der Waals surface area contributed by atoms with Crippen LogP contribution in [0.15, 0.2) is 36.4 Å². The van der Waals surface area contributed by atoms with Gasteiger partial charge in [-0.05, 0) is 30.5 Å². The molecule has 1 aromatic carbocycles. The van der Waals surface area contributed by atoms with Gasteiger partial charge in [0.05, 0.1) is 18.6 Å². The van der Waals surface area contributed by atoms with Gasteiger partial charge >= 0.3 is 12.0 Å². The van der Waals surface area contributed by atoms with Crippen LogP contribution in [0.25, 0.3) is 0 Å². The van der Waals surface area contributed by atoms with Gasteiger partial charge in [0.2, 0.25) is 0 Å². The van der Waals surface area contributed by atoms with Crippen molar-refractivity contribution in [3.8, 4) is 0 Å². The molecule has 1 aliphatic rings. The van der Waals surface area contributed by atoms with Crippen molar-refractivity contribution >= 4 is 17.7 Å². The maximum atomic E-state index is 11.3. The molecule has 0 bridgehead atoms. The first kappa shape index (κ1) is 19.7. The van der Waals surface area contributed by atoms with Crippen LogP contribution >= 0.6 is 0 Å². The van der Waals surface area contributed by atoms with Crippen molar-refractivity contribution in [1.29, 1.82) is 0 Å². The van der Waals surface area contributed by atoms with Crippen LogP contribution in [0.1, 0.15) is 18.4 Å². The van der Waals surface area contributed by atoms with Crippen LogP contribution in [0, 0.1) is 0 Å². The lowest BCUT2D eigenvalue weighted by Gasteiger charge is -2.13. The highest BCUT2D eigenvalue weighted by Crippen LogP contribution is 2.11. The molecule has 7 heteroatoms. The van der Waals surface area contributed by atoms with E-state index in [1.807, 2.05) is 0 Å². The second-order valence-corrected chi connectivity index (χ2v) is 5.69. The van der Waals surface area contributed by atoms with Crippen LogP contribution in [0.5, 0.6) is 0 Å². The number of aliphatic hydroxyl groups excluding tert-OH is 2. The summed E-state index contributed by atoms with van der Waals surface area (Å²) in [6, 6.07) is 6.54. The lowest BCUT2D eigenvalue weighted by molar-refractivity contribution is -0.136. The number of hydrogen-bond donors (Lipinski definition) is 4. The fourth-order valence-electron chi connectivity index (χ4n) is 1.96. The third-order valence-electron chi connectivity index (χ3n) is 3.25. The lowest BCUT2D eigenvalue weighted by atomic mass is 10.0. The minimum atomic E-state index is -0.893. The van der Waals surface area contributed by atoms with Crippen LogP contribution in [0.4, 0.5) is 10.5 Å². The van der Waals surface area contributed by atoms with E-state index in [2.05, 4.69) is 5.32 Å². The second-order valence-electron chi connectivity index (χ2n) is 5.69. The molecule has 132 valence electrons. The molecule has 7 nitrogen and oxygen atoms in total. The Morgan fingerprint density at radius 1 is 1.17 bits per heavy atom. The zero-order valence-electron chi connectivity index (χ0n) is 13.8. The van der Waals surface area contributed by atoms with Crippen LogP contribution < -0.4 is 5.32 Å². The Hall–Kier alpha value is -2.38. The van der Waals surface area contributed by atoms with Crippen molar-refractivity contribution in [2.24, 2.45) is 0 Å². The second kappa shape index (κ2) is 9.69. The normalized spacial score (nSPS) is 19.0. The zero-order valence-corrected chi connectivity index (χ0v) is 13.8. The van der Waals surface area contributed by atoms with E-state index in [0.717, 1.165) is 0 Å². The van der Waals surface area contributed by atoms with Gasteiger partial charge in [-0.1, -0.05) is 24.3 Å². The first-order chi connectivity index (χ1) is 11.3. The molecule has 0 saturated heterocycles. The molecule has 2 atom stereocenters. The molecule has 0 aliphatic heterocycles. The largest absolute Gasteiger partial charge is 0.481 e. The highest BCUT2D eigenvalue weighted by Gasteiger charge is 2.09. The molecule has 0 heterocycles. The third-order valence-corrected chi connectivity index (χ3v) is 3.25. The number of nitrogens with zero attached hydrogens (tertiary/aromatic N) is 1. The van der Waals surface area contributed by atoms with E-state index in [1.54, 1.807) is 50.5 Å². The van der Waals surface area contributed by atoms with E-state index >= 15 is 0 Å². The molecule has 0 fully saturated rings. The van der Waals surface area contributed by atoms with Crippen molar-refractivity contribution < 1.29 is 24.9 Å². The highest BCUT2D eigenvalue weighted by atomic mass is 16.4. The summed E-state index contributed by atoms with van der Waals surface area (Å²) in [7, 11) is 3.27. The number of hydrogen-bond acceptors (Lipinski definition) is 4. The summed E-state index contributed by atoms with van der Waals surface area (Å²) in [5, 5.41) is 28.9. The molecule has 1 aliphatic carbocycles. The molecule has 0 saturated carbocycles. The lowest BCUT2D eigenvalue weighted by Crippen LogP contribution is -2.27. The van der Waals surface area contributed by atoms with Gasteiger partial charge in [0.1, 0.15) is 0 Å². The summed E-state index contributed by atoms with van der Waals surface area (Å²) in [6.07, 6.45) is 3.96. The Balaban J connectivity index is 0.000000300. The number of carboxylic acids is 1. The SMILES string of the molecule is CN(C)C(=O)Nc1cccc(CC(=O)O)c1.OC1C=CC(O)CC1. The van der Waals surface area contributed by atoms with E-state index in [9.17, 15) is 9.59 Å². The van der Waals surface area contributed by atoms with Gasteiger partial charge in [-0.3, -0.25) is 4.79 Å². The van der Waals surface area contributed by atoms with Crippen LogP contribution in [0.3, 0.4) is 0 Å². The molecule has 2 rings (SSSR count). The van der Waals surface area contributed by atoms with Gasteiger partial charge in [-0.2, -0.15) is 0 Å². The summed E-state index contributed by atoms with van der Waals surface area (Å²) in [5.41, 5.74) is 1.25. The standard InChI is InChI=1S/C11H14N2O3.C6H10O2/c1-13(2)11(16)12-9-5-3-4-8(6-9)7-10(14)15;7-5-1-2-6(8)4-3-5/h3-6H,7H2,1-2H3,(H,12,16)(H,14,15);1-2,5-8H,3-4H2. The smallest absolute Gasteiger partial charge is 0.321 e. The van der Waals surface area contributed by atoms with E-state index in [0.29, 0.717) is 24.1 Å². The molecule has 24 heavy (non-hydrogen) atoms. The predicted octanol–water partition coefficient (Wildman–Crippen LogP) is 1.47. The van der Waals surface area contributed by atoms with Gasteiger partial charge in [-0.15, -0.1) is 0 Å². The summed E-state index contributed by atoms with van der Waals surface area (Å²) in [4.78, 5) is 23.3. The average Bonchev–Trinajstić information content (AvgIpc) is 2.50. The van der Waals surface area contributed by atoms with Crippen LogP contribution in [0.2, 0.25) is 0 Å². The summed E-state index contributed by atoms with van der Waals surface area (Å²) in [5.74, 6) is -0.893. The van der Waals surface area contributed by atoms with E-state index < -0.39 is 5.97 Å². The molecule has 0 radical (unpaired) electrons. The maximum absolute atomic E-state index is 11.3. The number of urea groups is 1. The maximum Gasteiger partial charge on any atom is 0.321 e. The fourth-order valence-corrected chi connectivity index (χ4v) is 1.96. The zero-order chi connectivity index (χ0) is 18.1. The van der Waals surface area contributed by atoms with Crippen LogP contribution in [-0.4, -0.2) is 58.5 Å². The monoisotopic (exact) mass is 336 g/mol. The molecule has 1 aromatic rings. The number of carbonyl (C=O) groups is 2. The minimum Gasteiger partial charge on any atom is -0.481 e. The minimum absolute atomic E-state index is 0.0499. The number of aliphatic carboxylic acids is 1. The molecular weight excluding hydrogens is 312 g/mol. The molecule has 4 N–H and O–H groups in total. The number of carboxylic acid groups (broad SMARTS) is 1. The van der Waals surface area contributed by atoms with Gasteiger partial charge in [0.15, 0.2) is 0 Å². The Morgan fingerprint density at radius 3 is 2.21 bits per heavy atom. The number of anilines is 1. The molecular formula is C17H24N2O5. The van der Waals surface area contributed by atoms with E-state index in [-0.39, 0.29) is 24.7 Å². The van der Waals surface area contributed by atoms with Crippen LogP contribution in [-0.2, 0) is 11.2 Å². The highest BCUT2D eigenvalue weighted by molar-refractivity contribution is 5.89. The van der Waals surface area contributed by atoms with Gasteiger partial charge < -0.3 is 25.5 Å². The average molecular weight is 336 g/mol. The summed E-state index contributed by atoms with van der Waals surface area (Å²) < 4.78 is 0. The first-order valence-electron chi connectivity index (χ1n) is 7.61. The number of benzene rings is 1. The number of amides is 2. The Labute approximate surface area is 141 Å². The Morgan fingerprint density at radius 2 is 1.75 bits per heavy atom. The topological polar surface area (TPSA) is 110 Å². The Kier molecular flexibility index (Phi) is 7.94. The van der Waals surface area contributed by atoms with Gasteiger partial charge in [0, 0.05) is 19.8 Å². The molecule has 0 spiro atoms. The molecule has 2 amide bonds. The number of nitrogens with one attached hydrogen (secondary N) is 1. The van der Waals surface area contributed by atoms with Gasteiger partial charge in [0.25, 0.3) is 0 Å². The Bertz CT molecular complexity index is 574. The number of rotatable bonds is 3. The van der Waals surface area contributed by atoms with Crippen molar-refractivity contribution in [1.82, 2.24) is 4.90 Å². The van der Waals surface area contributed by atoms with Crippen molar-refractivity contribution in [3.05, 3.63) is 42.0 Å². The predicted molar refractivity (Wildman–Crippen MR) is 90.9 cm³/mol. The third kappa shape index (κ3) is 7.75. The van der Waals surface area contributed by atoms with E-state index in [1.165, 1.54) is 4.90 Å². The van der Waals surface area contributed by atoms with Crippen molar-refractivity contribution in [2.75, 3.05) is 19.4 Å². The quantitative estimate of drug-likeness (QED) is 0.625.